The number of halogens is 3. The van der Waals surface area contributed by atoms with Crippen molar-refractivity contribution >= 4 is 5.78 Å². The summed E-state index contributed by atoms with van der Waals surface area (Å²) in [5.74, 6) is -0.487. The van der Waals surface area contributed by atoms with Crippen LogP contribution in [0.3, 0.4) is 0 Å². The van der Waals surface area contributed by atoms with Gasteiger partial charge in [0.15, 0.2) is 5.78 Å². The molecule has 1 aliphatic rings. The van der Waals surface area contributed by atoms with E-state index < -0.39 is 30.5 Å². The van der Waals surface area contributed by atoms with Crippen LogP contribution in [0.4, 0.5) is 13.2 Å². The lowest BCUT2D eigenvalue weighted by Crippen LogP contribution is -2.47. The molecule has 1 aromatic carbocycles. The van der Waals surface area contributed by atoms with E-state index >= 15 is 0 Å². The van der Waals surface area contributed by atoms with Crippen LogP contribution >= 0.6 is 0 Å². The second kappa shape index (κ2) is 5.07. The second-order valence-electron chi connectivity index (χ2n) is 4.58. The van der Waals surface area contributed by atoms with Gasteiger partial charge >= 0.3 is 6.18 Å². The number of hydrogen-bond acceptors (Lipinski definition) is 2. The molecule has 5 heteroatoms. The Labute approximate surface area is 109 Å². The fourth-order valence-electron chi connectivity index (χ4n) is 2.22. The molecule has 0 saturated carbocycles. The molecular weight excluding hydrogens is 255 g/mol. The minimum Gasteiger partial charge on any atom is -0.359 e. The van der Waals surface area contributed by atoms with Crippen LogP contribution in [0.5, 0.6) is 0 Å². The Bertz CT molecular complexity index is 481. The van der Waals surface area contributed by atoms with E-state index in [9.17, 15) is 18.0 Å². The summed E-state index contributed by atoms with van der Waals surface area (Å²) in [7, 11) is 0. The number of nitrogens with zero attached hydrogens (tertiary/aromatic N) is 1. The average Bonchev–Trinajstić information content (AvgIpc) is 2.38. The Morgan fingerprint density at radius 3 is 2.47 bits per heavy atom. The lowest BCUT2D eigenvalue weighted by atomic mass is 9.99. The molecule has 19 heavy (non-hydrogen) atoms. The van der Waals surface area contributed by atoms with Crippen molar-refractivity contribution in [3.8, 4) is 0 Å². The lowest BCUT2D eigenvalue weighted by Gasteiger charge is -2.38. The molecule has 0 N–H and O–H groups in total. The Kier molecular flexibility index (Phi) is 3.64. The van der Waals surface area contributed by atoms with Crippen molar-refractivity contribution in [1.82, 2.24) is 4.90 Å². The van der Waals surface area contributed by atoms with Gasteiger partial charge in [0.05, 0.1) is 6.04 Å². The molecule has 2 atom stereocenters. The van der Waals surface area contributed by atoms with Gasteiger partial charge in [-0.2, -0.15) is 13.2 Å². The molecule has 0 radical (unpaired) electrons. The van der Waals surface area contributed by atoms with Gasteiger partial charge in [-0.25, -0.2) is 0 Å². The third kappa shape index (κ3) is 2.97. The standard InChI is InChI=1S/C14H14F3NO/c1-10(11-5-3-2-4-6-11)18-8-7-12(19)9-13(18)14(15,16)17/h2-8,10,13H,9H2,1H3/t10-,13-/m0/s1. The topological polar surface area (TPSA) is 20.3 Å². The normalized spacial score (nSPS) is 21.6. The molecule has 0 spiro atoms. The van der Waals surface area contributed by atoms with E-state index in [0.717, 1.165) is 5.56 Å². The number of carbonyl (C=O) groups excluding carboxylic acids is 1. The summed E-state index contributed by atoms with van der Waals surface area (Å²) >= 11 is 0. The zero-order chi connectivity index (χ0) is 14.0. The van der Waals surface area contributed by atoms with Gasteiger partial charge in [0.1, 0.15) is 6.04 Å². The van der Waals surface area contributed by atoms with Crippen LogP contribution in [-0.2, 0) is 4.79 Å². The van der Waals surface area contributed by atoms with E-state index in [1.165, 1.54) is 17.2 Å². The van der Waals surface area contributed by atoms with Crippen molar-refractivity contribution in [3.63, 3.8) is 0 Å². The van der Waals surface area contributed by atoms with Crippen LogP contribution in [0.15, 0.2) is 42.6 Å². The first-order valence-electron chi connectivity index (χ1n) is 5.99. The quantitative estimate of drug-likeness (QED) is 0.819. The summed E-state index contributed by atoms with van der Waals surface area (Å²) in [6.45, 7) is 1.70. The number of allylic oxidation sites excluding steroid dienone is 1. The monoisotopic (exact) mass is 269 g/mol. The fourth-order valence-corrected chi connectivity index (χ4v) is 2.22. The minimum atomic E-state index is -4.41. The van der Waals surface area contributed by atoms with Crippen molar-refractivity contribution in [2.24, 2.45) is 0 Å². The third-order valence-electron chi connectivity index (χ3n) is 3.29. The summed E-state index contributed by atoms with van der Waals surface area (Å²) in [6, 6.07) is 6.76. The smallest absolute Gasteiger partial charge is 0.359 e. The summed E-state index contributed by atoms with van der Waals surface area (Å²) in [5, 5.41) is 0. The van der Waals surface area contributed by atoms with Crippen LogP contribution in [0.25, 0.3) is 0 Å². The summed E-state index contributed by atoms with van der Waals surface area (Å²) < 4.78 is 39.0. The van der Waals surface area contributed by atoms with Gasteiger partial charge in [-0.3, -0.25) is 4.79 Å². The average molecular weight is 269 g/mol. The molecule has 0 unspecified atom stereocenters. The zero-order valence-corrected chi connectivity index (χ0v) is 10.4. The highest BCUT2D eigenvalue weighted by Crippen LogP contribution is 2.35. The van der Waals surface area contributed by atoms with Gasteiger partial charge in [0.2, 0.25) is 0 Å². The highest BCUT2D eigenvalue weighted by molar-refractivity contribution is 5.90. The van der Waals surface area contributed by atoms with Crippen LogP contribution < -0.4 is 0 Å². The van der Waals surface area contributed by atoms with Crippen LogP contribution in [-0.4, -0.2) is 22.9 Å². The summed E-state index contributed by atoms with van der Waals surface area (Å²) in [6.07, 6.45) is -2.47. The SMILES string of the molecule is C[C@@H](c1ccccc1)N1C=CC(=O)C[C@H]1C(F)(F)F. The first-order chi connectivity index (χ1) is 8.89. The van der Waals surface area contributed by atoms with Gasteiger partial charge in [-0.1, -0.05) is 30.3 Å². The number of hydrogen-bond donors (Lipinski definition) is 0. The maximum Gasteiger partial charge on any atom is 0.409 e. The Morgan fingerprint density at radius 2 is 1.89 bits per heavy atom. The first-order valence-corrected chi connectivity index (χ1v) is 5.99. The van der Waals surface area contributed by atoms with Crippen LogP contribution in [0, 0.1) is 0 Å². The first kappa shape index (κ1) is 13.6. The van der Waals surface area contributed by atoms with Gasteiger partial charge in [-0.05, 0) is 18.6 Å². The fraction of sp³-hybridized carbons (Fsp3) is 0.357. The van der Waals surface area contributed by atoms with Crippen molar-refractivity contribution in [1.29, 1.82) is 0 Å². The number of carbonyl (C=O) groups is 1. The van der Waals surface area contributed by atoms with E-state index in [1.807, 2.05) is 6.07 Å². The summed E-state index contributed by atoms with van der Waals surface area (Å²) in [5.41, 5.74) is 0.788. The van der Waals surface area contributed by atoms with Crippen molar-refractivity contribution in [3.05, 3.63) is 48.2 Å². The molecule has 0 aliphatic carbocycles. The zero-order valence-electron chi connectivity index (χ0n) is 10.4. The maximum absolute atomic E-state index is 13.0. The van der Waals surface area contributed by atoms with Crippen LogP contribution in [0.2, 0.25) is 0 Å². The number of benzene rings is 1. The van der Waals surface area contributed by atoms with E-state index in [1.54, 1.807) is 31.2 Å². The largest absolute Gasteiger partial charge is 0.409 e. The number of alkyl halides is 3. The molecule has 102 valence electrons. The van der Waals surface area contributed by atoms with E-state index in [4.69, 9.17) is 0 Å². The van der Waals surface area contributed by atoms with Crippen molar-refractivity contribution in [2.75, 3.05) is 0 Å². The Balaban J connectivity index is 2.30. The molecular formula is C14H14F3NO. The molecule has 1 heterocycles. The van der Waals surface area contributed by atoms with E-state index in [2.05, 4.69) is 0 Å². The molecule has 0 amide bonds. The predicted octanol–water partition coefficient (Wildman–Crippen LogP) is 3.47. The minimum absolute atomic E-state index is 0.433. The highest BCUT2D eigenvalue weighted by Gasteiger charge is 2.46. The number of ketones is 1. The van der Waals surface area contributed by atoms with Gasteiger partial charge < -0.3 is 4.90 Å². The molecule has 1 aliphatic heterocycles. The molecule has 0 aromatic heterocycles. The molecule has 2 nitrogen and oxygen atoms in total. The highest BCUT2D eigenvalue weighted by atomic mass is 19.4. The molecule has 1 aromatic rings. The van der Waals surface area contributed by atoms with Gasteiger partial charge in [-0.15, -0.1) is 0 Å². The lowest BCUT2D eigenvalue weighted by molar-refractivity contribution is -0.186. The summed E-state index contributed by atoms with van der Waals surface area (Å²) in [4.78, 5) is 12.4. The molecule has 0 fully saturated rings. The maximum atomic E-state index is 13.0. The Morgan fingerprint density at radius 1 is 1.26 bits per heavy atom. The number of rotatable bonds is 2. The Hall–Kier alpha value is -1.78. The molecule has 2 rings (SSSR count). The van der Waals surface area contributed by atoms with E-state index in [0.29, 0.717) is 0 Å². The van der Waals surface area contributed by atoms with Crippen LogP contribution in [0.1, 0.15) is 24.9 Å². The third-order valence-corrected chi connectivity index (χ3v) is 3.29. The molecule has 0 saturated heterocycles. The van der Waals surface area contributed by atoms with E-state index in [-0.39, 0.29) is 0 Å². The second-order valence-corrected chi connectivity index (χ2v) is 4.58. The molecule has 0 bridgehead atoms. The van der Waals surface area contributed by atoms with Gasteiger partial charge in [0, 0.05) is 12.6 Å². The van der Waals surface area contributed by atoms with Gasteiger partial charge in [0.25, 0.3) is 0 Å². The predicted molar refractivity (Wildman–Crippen MR) is 65.3 cm³/mol. The van der Waals surface area contributed by atoms with Crippen molar-refractivity contribution < 1.29 is 18.0 Å². The van der Waals surface area contributed by atoms with Crippen molar-refractivity contribution in [2.45, 2.75) is 31.6 Å².